The van der Waals surface area contributed by atoms with Gasteiger partial charge in [0.25, 0.3) is 0 Å². The molecule has 0 aliphatic rings. The zero-order chi connectivity index (χ0) is 11.8. The highest BCUT2D eigenvalue weighted by Gasteiger charge is 2.11. The number of ether oxygens (including phenoxy) is 2. The van der Waals surface area contributed by atoms with Crippen molar-refractivity contribution < 1.29 is 19.1 Å². The first kappa shape index (κ1) is 12.2. The fraction of sp³-hybridized carbons (Fsp3) is 0.273. The summed E-state index contributed by atoms with van der Waals surface area (Å²) in [5.74, 6) is -0.484. The molecule has 16 heavy (non-hydrogen) atoms. The second-order valence-corrected chi connectivity index (χ2v) is 2.94. The monoisotopic (exact) mass is 223 g/mol. The maximum atomic E-state index is 11.6. The Kier molecular flexibility index (Phi) is 5.01. The van der Waals surface area contributed by atoms with Crippen molar-refractivity contribution in [1.82, 2.24) is 0 Å². The van der Waals surface area contributed by atoms with Crippen molar-refractivity contribution in [3.8, 4) is 0 Å². The summed E-state index contributed by atoms with van der Waals surface area (Å²) < 4.78 is 9.69. The molecule has 0 fully saturated rings. The number of amides is 1. The van der Waals surface area contributed by atoms with Crippen molar-refractivity contribution in [2.45, 2.75) is 0 Å². The molecule has 1 N–H and O–H groups in total. The lowest BCUT2D eigenvalue weighted by molar-refractivity contribution is -0.105. The molecule has 1 amide bonds. The quantitative estimate of drug-likeness (QED) is 0.445. The molecule has 0 saturated heterocycles. The lowest BCUT2D eigenvalue weighted by Crippen LogP contribution is -2.12. The smallest absolute Gasteiger partial charge is 0.340 e. The van der Waals surface area contributed by atoms with E-state index in [1.807, 2.05) is 0 Å². The van der Waals surface area contributed by atoms with Crippen LogP contribution in [0, 0.1) is 0 Å². The van der Waals surface area contributed by atoms with Crippen LogP contribution in [0.15, 0.2) is 24.3 Å². The van der Waals surface area contributed by atoms with Gasteiger partial charge in [0, 0.05) is 7.11 Å². The molecule has 0 saturated carbocycles. The highest BCUT2D eigenvalue weighted by Crippen LogP contribution is 2.15. The van der Waals surface area contributed by atoms with Gasteiger partial charge in [0.1, 0.15) is 6.61 Å². The van der Waals surface area contributed by atoms with Crippen LogP contribution < -0.4 is 5.32 Å². The molecular formula is C11H13NO4. The molecule has 0 radical (unpaired) electrons. The van der Waals surface area contributed by atoms with Crippen molar-refractivity contribution in [3.63, 3.8) is 0 Å². The summed E-state index contributed by atoms with van der Waals surface area (Å²) in [6.07, 6.45) is 0.515. The van der Waals surface area contributed by atoms with Gasteiger partial charge in [-0.25, -0.2) is 4.79 Å². The molecule has 1 aromatic rings. The Labute approximate surface area is 93.4 Å². The SMILES string of the molecule is COCCOC(=O)c1ccccc1NC=O. The molecule has 0 atom stereocenters. The third-order valence-electron chi connectivity index (χ3n) is 1.88. The molecule has 0 bridgehead atoms. The Morgan fingerprint density at radius 3 is 2.81 bits per heavy atom. The first-order chi connectivity index (χ1) is 7.79. The number of anilines is 1. The van der Waals surface area contributed by atoms with E-state index >= 15 is 0 Å². The predicted molar refractivity (Wildman–Crippen MR) is 58.3 cm³/mol. The number of para-hydroxylation sites is 1. The van der Waals surface area contributed by atoms with Crippen LogP contribution in [0.2, 0.25) is 0 Å². The van der Waals surface area contributed by atoms with E-state index in [-0.39, 0.29) is 6.61 Å². The van der Waals surface area contributed by atoms with Crippen LogP contribution in [0.5, 0.6) is 0 Å². The number of rotatable bonds is 6. The van der Waals surface area contributed by atoms with Crippen molar-refractivity contribution in [2.24, 2.45) is 0 Å². The largest absolute Gasteiger partial charge is 0.460 e. The first-order valence-electron chi connectivity index (χ1n) is 4.75. The van der Waals surface area contributed by atoms with Gasteiger partial charge in [-0.3, -0.25) is 4.79 Å². The van der Waals surface area contributed by atoms with Gasteiger partial charge in [0.05, 0.1) is 17.9 Å². The number of hydrogen-bond acceptors (Lipinski definition) is 4. The van der Waals surface area contributed by atoms with Crippen LogP contribution in [-0.4, -0.2) is 32.7 Å². The lowest BCUT2D eigenvalue weighted by Gasteiger charge is -2.07. The number of benzene rings is 1. The summed E-state index contributed by atoms with van der Waals surface area (Å²) in [5, 5.41) is 2.43. The van der Waals surface area contributed by atoms with E-state index in [4.69, 9.17) is 9.47 Å². The minimum absolute atomic E-state index is 0.185. The number of hydrogen-bond donors (Lipinski definition) is 1. The number of carbonyl (C=O) groups excluding carboxylic acids is 2. The Hall–Kier alpha value is -1.88. The average Bonchev–Trinajstić information content (AvgIpc) is 2.30. The molecule has 0 aliphatic heterocycles. The fourth-order valence-electron chi connectivity index (χ4n) is 1.15. The van der Waals surface area contributed by atoms with Crippen molar-refractivity contribution in [1.29, 1.82) is 0 Å². The van der Waals surface area contributed by atoms with Crippen LogP contribution in [0.1, 0.15) is 10.4 Å². The van der Waals surface area contributed by atoms with E-state index in [0.717, 1.165) is 0 Å². The van der Waals surface area contributed by atoms with Crippen LogP contribution in [0.25, 0.3) is 0 Å². The maximum Gasteiger partial charge on any atom is 0.340 e. The molecule has 5 heteroatoms. The molecule has 0 unspecified atom stereocenters. The minimum atomic E-state index is -0.484. The highest BCUT2D eigenvalue weighted by atomic mass is 16.6. The summed E-state index contributed by atoms with van der Waals surface area (Å²) in [6.45, 7) is 0.528. The molecule has 0 heterocycles. The zero-order valence-corrected chi connectivity index (χ0v) is 8.93. The average molecular weight is 223 g/mol. The standard InChI is InChI=1S/C11H13NO4/c1-15-6-7-16-11(14)9-4-2-3-5-10(9)12-8-13/h2-5,8H,6-7H2,1H3,(H,12,13). The van der Waals surface area contributed by atoms with E-state index in [2.05, 4.69) is 5.32 Å². The van der Waals surface area contributed by atoms with E-state index in [9.17, 15) is 9.59 Å². The molecule has 0 spiro atoms. The maximum absolute atomic E-state index is 11.6. The van der Waals surface area contributed by atoms with E-state index in [0.29, 0.717) is 24.3 Å². The number of methoxy groups -OCH3 is 1. The van der Waals surface area contributed by atoms with Gasteiger partial charge in [0.15, 0.2) is 0 Å². The molecule has 1 aromatic carbocycles. The minimum Gasteiger partial charge on any atom is -0.460 e. The van der Waals surface area contributed by atoms with Crippen LogP contribution in [0.3, 0.4) is 0 Å². The molecule has 0 aliphatic carbocycles. The van der Waals surface area contributed by atoms with E-state index in [1.165, 1.54) is 7.11 Å². The van der Waals surface area contributed by atoms with Crippen molar-refractivity contribution in [2.75, 3.05) is 25.6 Å². The van der Waals surface area contributed by atoms with Crippen LogP contribution >= 0.6 is 0 Å². The van der Waals surface area contributed by atoms with Gasteiger partial charge in [0.2, 0.25) is 6.41 Å². The number of nitrogens with one attached hydrogen (secondary N) is 1. The van der Waals surface area contributed by atoms with Crippen molar-refractivity contribution >= 4 is 18.1 Å². The topological polar surface area (TPSA) is 64.6 Å². The van der Waals surface area contributed by atoms with Gasteiger partial charge in [-0.2, -0.15) is 0 Å². The number of carbonyl (C=O) groups is 2. The molecular weight excluding hydrogens is 210 g/mol. The molecule has 5 nitrogen and oxygen atoms in total. The summed E-state index contributed by atoms with van der Waals surface area (Å²) in [7, 11) is 1.52. The Morgan fingerprint density at radius 2 is 2.12 bits per heavy atom. The third kappa shape index (κ3) is 3.36. The Balaban J connectivity index is 2.69. The summed E-state index contributed by atoms with van der Waals surface area (Å²) in [5.41, 5.74) is 0.755. The van der Waals surface area contributed by atoms with Crippen LogP contribution in [0.4, 0.5) is 5.69 Å². The fourth-order valence-corrected chi connectivity index (χ4v) is 1.15. The lowest BCUT2D eigenvalue weighted by atomic mass is 10.2. The highest BCUT2D eigenvalue weighted by molar-refractivity contribution is 5.97. The zero-order valence-electron chi connectivity index (χ0n) is 8.93. The van der Waals surface area contributed by atoms with Gasteiger partial charge in [-0.1, -0.05) is 12.1 Å². The van der Waals surface area contributed by atoms with Gasteiger partial charge >= 0.3 is 5.97 Å². The van der Waals surface area contributed by atoms with Gasteiger partial charge in [-0.05, 0) is 12.1 Å². The molecule has 0 aromatic heterocycles. The van der Waals surface area contributed by atoms with Gasteiger partial charge < -0.3 is 14.8 Å². The van der Waals surface area contributed by atoms with Crippen molar-refractivity contribution in [3.05, 3.63) is 29.8 Å². The summed E-state index contributed by atoms with van der Waals surface area (Å²) in [4.78, 5) is 21.9. The van der Waals surface area contributed by atoms with E-state index < -0.39 is 5.97 Å². The third-order valence-corrected chi connectivity index (χ3v) is 1.88. The Morgan fingerprint density at radius 1 is 1.38 bits per heavy atom. The summed E-state index contributed by atoms with van der Waals surface area (Å²) in [6, 6.07) is 6.63. The normalized spacial score (nSPS) is 9.56. The second-order valence-electron chi connectivity index (χ2n) is 2.94. The van der Waals surface area contributed by atoms with E-state index in [1.54, 1.807) is 24.3 Å². The van der Waals surface area contributed by atoms with Gasteiger partial charge in [-0.15, -0.1) is 0 Å². The molecule has 86 valence electrons. The summed E-state index contributed by atoms with van der Waals surface area (Å²) >= 11 is 0. The Bertz CT molecular complexity index is 365. The first-order valence-corrected chi connectivity index (χ1v) is 4.75. The molecule has 1 rings (SSSR count). The second kappa shape index (κ2) is 6.58. The number of esters is 1. The predicted octanol–water partition coefficient (Wildman–Crippen LogP) is 1.06. The van der Waals surface area contributed by atoms with Crippen LogP contribution in [-0.2, 0) is 14.3 Å².